The Hall–Kier alpha value is -2.00. The van der Waals surface area contributed by atoms with Gasteiger partial charge in [0.2, 0.25) is 0 Å². The first-order valence-electron chi connectivity index (χ1n) is 7.34. The summed E-state index contributed by atoms with van der Waals surface area (Å²) in [6.45, 7) is 4.46. The van der Waals surface area contributed by atoms with Gasteiger partial charge in [0.05, 0.1) is 6.54 Å². The molecule has 21 heavy (non-hydrogen) atoms. The maximum atomic E-state index is 5.92. The van der Waals surface area contributed by atoms with Crippen LogP contribution in [0.2, 0.25) is 0 Å². The Bertz CT molecular complexity index is 551. The van der Waals surface area contributed by atoms with Crippen molar-refractivity contribution in [2.75, 3.05) is 32.1 Å². The minimum Gasteiger partial charge on any atom is -0.491 e. The third-order valence-electron chi connectivity index (χ3n) is 3.50. The van der Waals surface area contributed by atoms with Crippen molar-refractivity contribution in [1.29, 1.82) is 0 Å². The van der Waals surface area contributed by atoms with Gasteiger partial charge >= 0.3 is 0 Å². The standard InChI is InChI=1S/C18H24N2O/c1-15-8-10-17(11-9-15)20(3)12-13-21-18-7-5-4-6-16(18)14-19-2/h4-11,19H,12-14H2,1-3H3. The Kier molecular flexibility index (Phi) is 5.64. The van der Waals surface area contributed by atoms with E-state index in [-0.39, 0.29) is 0 Å². The molecule has 2 aromatic carbocycles. The minimum atomic E-state index is 0.672. The Morgan fingerprint density at radius 3 is 2.48 bits per heavy atom. The van der Waals surface area contributed by atoms with Crippen molar-refractivity contribution in [3.8, 4) is 5.75 Å². The number of ether oxygens (including phenoxy) is 1. The van der Waals surface area contributed by atoms with Crippen LogP contribution >= 0.6 is 0 Å². The lowest BCUT2D eigenvalue weighted by molar-refractivity contribution is 0.322. The summed E-state index contributed by atoms with van der Waals surface area (Å²) in [5.74, 6) is 0.962. The molecule has 1 N–H and O–H groups in total. The Balaban J connectivity index is 1.88. The van der Waals surface area contributed by atoms with Crippen molar-refractivity contribution in [3.05, 3.63) is 59.7 Å². The van der Waals surface area contributed by atoms with Crippen LogP contribution < -0.4 is 15.0 Å². The maximum Gasteiger partial charge on any atom is 0.123 e. The van der Waals surface area contributed by atoms with Gasteiger partial charge in [0.1, 0.15) is 12.4 Å². The normalized spacial score (nSPS) is 10.4. The fraction of sp³-hybridized carbons (Fsp3) is 0.333. The van der Waals surface area contributed by atoms with Gasteiger partial charge in [0.15, 0.2) is 0 Å². The Morgan fingerprint density at radius 2 is 1.76 bits per heavy atom. The molecule has 0 radical (unpaired) electrons. The Labute approximate surface area is 127 Å². The quantitative estimate of drug-likeness (QED) is 0.845. The largest absolute Gasteiger partial charge is 0.491 e. The van der Waals surface area contributed by atoms with Crippen molar-refractivity contribution in [3.63, 3.8) is 0 Å². The lowest BCUT2D eigenvalue weighted by Crippen LogP contribution is -2.24. The van der Waals surface area contributed by atoms with Gasteiger partial charge in [0, 0.05) is 24.8 Å². The monoisotopic (exact) mass is 284 g/mol. The van der Waals surface area contributed by atoms with Gasteiger partial charge < -0.3 is 15.0 Å². The zero-order valence-corrected chi connectivity index (χ0v) is 13.1. The fourth-order valence-corrected chi connectivity index (χ4v) is 2.20. The molecule has 0 saturated heterocycles. The zero-order valence-electron chi connectivity index (χ0n) is 13.1. The second kappa shape index (κ2) is 7.70. The number of nitrogens with one attached hydrogen (secondary N) is 1. The molecule has 3 nitrogen and oxygen atoms in total. The maximum absolute atomic E-state index is 5.92. The predicted octanol–water partition coefficient (Wildman–Crippen LogP) is 3.23. The molecule has 0 heterocycles. The van der Waals surface area contributed by atoms with Crippen molar-refractivity contribution in [2.24, 2.45) is 0 Å². The van der Waals surface area contributed by atoms with Gasteiger partial charge in [-0.3, -0.25) is 0 Å². The molecule has 0 spiro atoms. The van der Waals surface area contributed by atoms with Gasteiger partial charge in [-0.2, -0.15) is 0 Å². The van der Waals surface area contributed by atoms with Crippen LogP contribution in [-0.2, 0) is 6.54 Å². The highest BCUT2D eigenvalue weighted by atomic mass is 16.5. The van der Waals surface area contributed by atoms with Crippen LogP contribution in [0.5, 0.6) is 5.75 Å². The van der Waals surface area contributed by atoms with Crippen LogP contribution in [0.3, 0.4) is 0 Å². The average Bonchev–Trinajstić information content (AvgIpc) is 2.50. The van der Waals surface area contributed by atoms with E-state index >= 15 is 0 Å². The molecular formula is C18H24N2O. The van der Waals surface area contributed by atoms with E-state index in [1.54, 1.807) is 0 Å². The second-order valence-electron chi connectivity index (χ2n) is 5.24. The van der Waals surface area contributed by atoms with E-state index in [1.165, 1.54) is 16.8 Å². The SMILES string of the molecule is CNCc1ccccc1OCCN(C)c1ccc(C)cc1. The van der Waals surface area contributed by atoms with E-state index in [2.05, 4.69) is 54.5 Å². The lowest BCUT2D eigenvalue weighted by Gasteiger charge is -2.20. The van der Waals surface area contributed by atoms with E-state index < -0.39 is 0 Å². The molecule has 2 aromatic rings. The predicted molar refractivity (Wildman–Crippen MR) is 89.1 cm³/mol. The summed E-state index contributed by atoms with van der Waals surface area (Å²) in [6.07, 6.45) is 0. The highest BCUT2D eigenvalue weighted by Crippen LogP contribution is 2.18. The zero-order chi connectivity index (χ0) is 15.1. The molecule has 0 fully saturated rings. The molecule has 0 unspecified atom stereocenters. The number of likely N-dealkylation sites (N-methyl/N-ethyl adjacent to an activating group) is 1. The molecule has 0 aromatic heterocycles. The number of rotatable bonds is 7. The molecule has 0 aliphatic heterocycles. The van der Waals surface area contributed by atoms with E-state index in [0.29, 0.717) is 6.61 Å². The third-order valence-corrected chi connectivity index (χ3v) is 3.50. The van der Waals surface area contributed by atoms with Crippen molar-refractivity contribution < 1.29 is 4.74 Å². The van der Waals surface area contributed by atoms with E-state index in [1.807, 2.05) is 25.2 Å². The molecule has 0 aliphatic carbocycles. The number of hydrogen-bond donors (Lipinski definition) is 1. The summed E-state index contributed by atoms with van der Waals surface area (Å²) in [5.41, 5.74) is 3.69. The van der Waals surface area contributed by atoms with Gasteiger partial charge in [-0.1, -0.05) is 35.9 Å². The van der Waals surface area contributed by atoms with E-state index in [4.69, 9.17) is 4.74 Å². The van der Waals surface area contributed by atoms with Crippen molar-refractivity contribution >= 4 is 5.69 Å². The highest BCUT2D eigenvalue weighted by Gasteiger charge is 2.04. The van der Waals surface area contributed by atoms with Gasteiger partial charge in [0.25, 0.3) is 0 Å². The third kappa shape index (κ3) is 4.50. The molecule has 0 aliphatic rings. The van der Waals surface area contributed by atoms with Gasteiger partial charge in [-0.15, -0.1) is 0 Å². The molecule has 3 heteroatoms. The fourth-order valence-electron chi connectivity index (χ4n) is 2.20. The van der Waals surface area contributed by atoms with Crippen LogP contribution in [0.25, 0.3) is 0 Å². The number of anilines is 1. The minimum absolute atomic E-state index is 0.672. The highest BCUT2D eigenvalue weighted by molar-refractivity contribution is 5.46. The van der Waals surface area contributed by atoms with Crippen LogP contribution in [0, 0.1) is 6.92 Å². The summed E-state index contributed by atoms with van der Waals surface area (Å²) < 4.78 is 5.92. The number of para-hydroxylation sites is 1. The first kappa shape index (κ1) is 15.4. The first-order chi connectivity index (χ1) is 10.2. The number of aryl methyl sites for hydroxylation is 1. The summed E-state index contributed by atoms with van der Waals surface area (Å²) in [7, 11) is 4.04. The topological polar surface area (TPSA) is 24.5 Å². The smallest absolute Gasteiger partial charge is 0.123 e. The number of nitrogens with zero attached hydrogens (tertiary/aromatic N) is 1. The molecule has 112 valence electrons. The molecule has 0 amide bonds. The number of benzene rings is 2. The van der Waals surface area contributed by atoms with E-state index in [9.17, 15) is 0 Å². The summed E-state index contributed by atoms with van der Waals surface area (Å²) in [6, 6.07) is 16.7. The lowest BCUT2D eigenvalue weighted by atomic mass is 10.2. The van der Waals surface area contributed by atoms with E-state index in [0.717, 1.165) is 18.8 Å². The molecule has 0 bridgehead atoms. The summed E-state index contributed by atoms with van der Waals surface area (Å²) in [4.78, 5) is 2.21. The molecule has 0 saturated carbocycles. The van der Waals surface area contributed by atoms with Gasteiger partial charge in [-0.25, -0.2) is 0 Å². The van der Waals surface area contributed by atoms with Crippen LogP contribution in [0.15, 0.2) is 48.5 Å². The van der Waals surface area contributed by atoms with Gasteiger partial charge in [-0.05, 0) is 32.2 Å². The molecular weight excluding hydrogens is 260 g/mol. The second-order valence-corrected chi connectivity index (χ2v) is 5.24. The van der Waals surface area contributed by atoms with Crippen LogP contribution in [-0.4, -0.2) is 27.2 Å². The van der Waals surface area contributed by atoms with Crippen molar-refractivity contribution in [1.82, 2.24) is 5.32 Å². The van der Waals surface area contributed by atoms with Crippen molar-refractivity contribution in [2.45, 2.75) is 13.5 Å². The van der Waals surface area contributed by atoms with Crippen LogP contribution in [0.4, 0.5) is 5.69 Å². The summed E-state index contributed by atoms with van der Waals surface area (Å²) in [5, 5.41) is 3.16. The first-order valence-corrected chi connectivity index (χ1v) is 7.34. The average molecular weight is 284 g/mol. The Morgan fingerprint density at radius 1 is 1.05 bits per heavy atom. The summed E-state index contributed by atoms with van der Waals surface area (Å²) >= 11 is 0. The number of hydrogen-bond acceptors (Lipinski definition) is 3. The molecule has 0 atom stereocenters. The van der Waals surface area contributed by atoms with Crippen LogP contribution in [0.1, 0.15) is 11.1 Å². The molecule has 2 rings (SSSR count).